The number of carbonyl (C=O) groups excluding carboxylic acids is 2. The quantitative estimate of drug-likeness (QED) is 0.330. The van der Waals surface area contributed by atoms with E-state index in [0.717, 1.165) is 27.3 Å². The largest absolute Gasteiger partial charge is 0.489 e. The van der Waals surface area contributed by atoms with Crippen LogP contribution in [0.15, 0.2) is 30.3 Å². The molecule has 0 atom stereocenters. The van der Waals surface area contributed by atoms with Crippen LogP contribution in [0, 0.1) is 20.8 Å². The van der Waals surface area contributed by atoms with E-state index < -0.39 is 6.03 Å². The molecule has 0 aliphatic carbocycles. The van der Waals surface area contributed by atoms with Crippen molar-refractivity contribution in [2.75, 3.05) is 5.01 Å². The van der Waals surface area contributed by atoms with E-state index in [-0.39, 0.29) is 12.4 Å². The molecule has 7 heteroatoms. The lowest BCUT2D eigenvalue weighted by Gasteiger charge is -2.21. The van der Waals surface area contributed by atoms with Crippen LogP contribution in [0.1, 0.15) is 39.5 Å². The number of ketones is 1. The number of nitrogens with zero attached hydrogens (tertiary/aromatic N) is 1. The molecular weight excluding hydrogens is 332 g/mol. The second-order valence-corrected chi connectivity index (χ2v) is 6.17. The van der Waals surface area contributed by atoms with Crippen molar-refractivity contribution in [3.8, 4) is 5.75 Å². The van der Waals surface area contributed by atoms with Crippen molar-refractivity contribution in [2.24, 2.45) is 11.7 Å². The Hall–Kier alpha value is -2.90. The van der Waals surface area contributed by atoms with Crippen LogP contribution in [0.3, 0.4) is 0 Å². The number of amides is 2. The van der Waals surface area contributed by atoms with Gasteiger partial charge in [0, 0.05) is 11.1 Å². The summed E-state index contributed by atoms with van der Waals surface area (Å²) in [7, 11) is 0. The number of nitrogens with one attached hydrogen (secondary N) is 1. The average molecular weight is 356 g/mol. The number of hydrogen-bond acceptors (Lipinski definition) is 5. The summed E-state index contributed by atoms with van der Waals surface area (Å²) >= 11 is 0. The first-order valence-electron chi connectivity index (χ1n) is 8.15. The summed E-state index contributed by atoms with van der Waals surface area (Å²) in [6.07, 6.45) is 0. The Labute approximate surface area is 152 Å². The number of Topliss-reactive ketones (excluding diaryl/α,β-unsaturated/α-hetero) is 1. The molecule has 2 rings (SSSR count). The number of aryl methyl sites for hydroxylation is 3. The van der Waals surface area contributed by atoms with Gasteiger partial charge in [0.1, 0.15) is 12.4 Å². The number of ether oxygens (including phenoxy) is 1. The molecule has 0 bridgehead atoms. The fourth-order valence-electron chi connectivity index (χ4n) is 2.75. The predicted octanol–water partition coefficient (Wildman–Crippen LogP) is 2.66. The van der Waals surface area contributed by atoms with Crippen LogP contribution in [0.2, 0.25) is 0 Å². The Morgan fingerprint density at radius 2 is 1.81 bits per heavy atom. The molecule has 0 radical (unpaired) electrons. The maximum Gasteiger partial charge on any atom is 0.350 e. The summed E-state index contributed by atoms with van der Waals surface area (Å²) < 4.78 is 5.97. The van der Waals surface area contributed by atoms with E-state index in [4.69, 9.17) is 16.4 Å². The Bertz CT molecular complexity index is 849. The first-order valence-corrected chi connectivity index (χ1v) is 8.15. The van der Waals surface area contributed by atoms with Gasteiger partial charge in [-0.3, -0.25) is 10.2 Å². The van der Waals surface area contributed by atoms with Crippen LogP contribution in [0.25, 0.3) is 0 Å². The summed E-state index contributed by atoms with van der Waals surface area (Å²) in [6.45, 7) is 7.42. The van der Waals surface area contributed by atoms with Crippen LogP contribution in [0.5, 0.6) is 5.75 Å². The number of hydrazine groups is 2. The summed E-state index contributed by atoms with van der Waals surface area (Å²) in [5.74, 6) is 11.7. The Kier molecular flexibility index (Phi) is 5.97. The second-order valence-electron chi connectivity index (χ2n) is 6.17. The summed E-state index contributed by atoms with van der Waals surface area (Å²) in [5, 5.41) is 0.947. The highest BCUT2D eigenvalue weighted by Gasteiger charge is 2.17. The summed E-state index contributed by atoms with van der Waals surface area (Å²) in [5.41, 5.74) is 6.60. The third-order valence-corrected chi connectivity index (χ3v) is 4.26. The molecule has 0 saturated heterocycles. The third-order valence-electron chi connectivity index (χ3n) is 4.26. The minimum atomic E-state index is -0.630. The molecule has 0 fully saturated rings. The van der Waals surface area contributed by atoms with Gasteiger partial charge in [-0.1, -0.05) is 12.1 Å². The molecule has 0 unspecified atom stereocenters. The molecule has 0 spiro atoms. The number of urea groups is 1. The Morgan fingerprint density at radius 3 is 2.42 bits per heavy atom. The van der Waals surface area contributed by atoms with Crippen molar-refractivity contribution in [3.05, 3.63) is 58.1 Å². The first kappa shape index (κ1) is 19.4. The zero-order valence-electron chi connectivity index (χ0n) is 15.4. The number of rotatable bonds is 5. The van der Waals surface area contributed by atoms with E-state index in [0.29, 0.717) is 17.0 Å². The van der Waals surface area contributed by atoms with Gasteiger partial charge in [-0.15, -0.1) is 0 Å². The van der Waals surface area contributed by atoms with Gasteiger partial charge >= 0.3 is 6.03 Å². The minimum absolute atomic E-state index is 0.0184. The zero-order chi connectivity index (χ0) is 19.4. The van der Waals surface area contributed by atoms with Gasteiger partial charge in [0.2, 0.25) is 0 Å². The molecule has 2 aromatic carbocycles. The number of hydrogen-bond donors (Lipinski definition) is 3. The van der Waals surface area contributed by atoms with Crippen molar-refractivity contribution in [2.45, 2.75) is 34.3 Å². The molecule has 0 saturated carbocycles. The van der Waals surface area contributed by atoms with Crippen molar-refractivity contribution in [1.82, 2.24) is 5.43 Å². The van der Waals surface area contributed by atoms with Crippen LogP contribution < -0.4 is 26.9 Å². The molecule has 0 aliphatic heterocycles. The molecule has 0 aliphatic rings. The van der Waals surface area contributed by atoms with Gasteiger partial charge in [0.15, 0.2) is 5.78 Å². The van der Waals surface area contributed by atoms with Gasteiger partial charge in [0.25, 0.3) is 0 Å². The van der Waals surface area contributed by atoms with Gasteiger partial charge in [0.05, 0.1) is 5.69 Å². The fourth-order valence-corrected chi connectivity index (χ4v) is 2.75. The smallest absolute Gasteiger partial charge is 0.350 e. The van der Waals surface area contributed by atoms with Gasteiger partial charge in [-0.2, -0.15) is 0 Å². The number of benzene rings is 2. The van der Waals surface area contributed by atoms with E-state index in [2.05, 4.69) is 0 Å². The van der Waals surface area contributed by atoms with Gasteiger partial charge < -0.3 is 4.74 Å². The van der Waals surface area contributed by atoms with Crippen LogP contribution in [-0.4, -0.2) is 11.8 Å². The molecule has 2 aromatic rings. The topological polar surface area (TPSA) is 111 Å². The highest BCUT2D eigenvalue weighted by Crippen LogP contribution is 2.27. The maximum atomic E-state index is 11.7. The highest BCUT2D eigenvalue weighted by atomic mass is 16.5. The van der Waals surface area contributed by atoms with E-state index in [1.165, 1.54) is 0 Å². The van der Waals surface area contributed by atoms with Crippen LogP contribution in [-0.2, 0) is 6.61 Å². The van der Waals surface area contributed by atoms with Crippen molar-refractivity contribution >= 4 is 17.5 Å². The molecule has 0 aromatic heterocycles. The van der Waals surface area contributed by atoms with E-state index in [9.17, 15) is 9.59 Å². The lowest BCUT2D eigenvalue weighted by atomic mass is 10.0. The SMILES string of the molecule is CC(=O)c1cc(C)c(OCc2c(C)cccc2N(N)C(=O)NN)cc1C. The van der Waals surface area contributed by atoms with E-state index in [1.54, 1.807) is 19.1 Å². The zero-order valence-corrected chi connectivity index (χ0v) is 15.4. The second kappa shape index (κ2) is 7.99. The highest BCUT2D eigenvalue weighted by molar-refractivity contribution is 5.96. The number of nitrogens with two attached hydrogens (primary N) is 2. The van der Waals surface area contributed by atoms with Crippen molar-refractivity contribution in [1.29, 1.82) is 0 Å². The molecular formula is C19H24N4O3. The first-order chi connectivity index (χ1) is 12.3. The minimum Gasteiger partial charge on any atom is -0.489 e. The maximum absolute atomic E-state index is 11.7. The van der Waals surface area contributed by atoms with Crippen molar-refractivity contribution in [3.63, 3.8) is 0 Å². The fraction of sp³-hybridized carbons (Fsp3) is 0.263. The third kappa shape index (κ3) is 4.01. The Balaban J connectivity index is 2.32. The monoisotopic (exact) mass is 356 g/mol. The average Bonchev–Trinajstić information content (AvgIpc) is 2.61. The summed E-state index contributed by atoms with van der Waals surface area (Å²) in [4.78, 5) is 23.4. The van der Waals surface area contributed by atoms with Crippen LogP contribution in [0.4, 0.5) is 10.5 Å². The lowest BCUT2D eigenvalue weighted by Crippen LogP contribution is -2.48. The van der Waals surface area contributed by atoms with Gasteiger partial charge in [-0.05, 0) is 62.6 Å². The molecule has 2 amide bonds. The van der Waals surface area contributed by atoms with Gasteiger partial charge in [-0.25, -0.2) is 21.5 Å². The van der Waals surface area contributed by atoms with E-state index >= 15 is 0 Å². The summed E-state index contributed by atoms with van der Waals surface area (Å²) in [6, 6.07) is 8.47. The molecule has 5 N–H and O–H groups in total. The van der Waals surface area contributed by atoms with Crippen molar-refractivity contribution < 1.29 is 14.3 Å². The molecule has 0 heterocycles. The standard InChI is InChI=1S/C19H24N4O3/c1-11-6-5-7-17(23(21)19(25)22-20)16(11)10-26-18-9-12(2)15(14(4)24)8-13(18)3/h5-9H,10,20-21H2,1-4H3,(H,22,25). The Morgan fingerprint density at radius 1 is 1.12 bits per heavy atom. The predicted molar refractivity (Wildman–Crippen MR) is 101 cm³/mol. The number of carbonyl (C=O) groups is 2. The van der Waals surface area contributed by atoms with E-state index in [1.807, 2.05) is 44.4 Å². The molecule has 138 valence electrons. The normalized spacial score (nSPS) is 10.4. The molecule has 26 heavy (non-hydrogen) atoms. The van der Waals surface area contributed by atoms with Crippen LogP contribution >= 0.6 is 0 Å². The lowest BCUT2D eigenvalue weighted by molar-refractivity contribution is 0.101. The molecule has 7 nitrogen and oxygen atoms in total. The number of anilines is 1.